The van der Waals surface area contributed by atoms with E-state index in [9.17, 15) is 9.18 Å². The molecule has 1 unspecified atom stereocenters. The molecule has 4 rings (SSSR count). The number of hydrogen-bond donors (Lipinski definition) is 2. The van der Waals surface area contributed by atoms with Crippen LogP contribution in [0.2, 0.25) is 0 Å². The van der Waals surface area contributed by atoms with E-state index in [2.05, 4.69) is 30.7 Å². The van der Waals surface area contributed by atoms with E-state index in [1.165, 1.54) is 6.07 Å². The van der Waals surface area contributed by atoms with Crippen molar-refractivity contribution in [3.63, 3.8) is 0 Å². The number of carbonyl (C=O) groups is 1. The number of H-pyrrole nitrogens is 1. The molecule has 33 heavy (non-hydrogen) atoms. The largest absolute Gasteiger partial charge is 0.493 e. The molecule has 3 N–H and O–H groups in total. The van der Waals surface area contributed by atoms with Gasteiger partial charge in [-0.1, -0.05) is 0 Å². The number of hydrogen-bond acceptors (Lipinski definition) is 4. The Bertz CT molecular complexity index is 1170. The van der Waals surface area contributed by atoms with E-state index in [0.717, 1.165) is 41.4 Å². The number of aryl methyl sites for hydroxylation is 1. The van der Waals surface area contributed by atoms with Crippen LogP contribution in [0.1, 0.15) is 48.7 Å². The second kappa shape index (κ2) is 9.06. The number of benzene rings is 2. The van der Waals surface area contributed by atoms with E-state index >= 15 is 0 Å². The number of nitrogens with one attached hydrogen (secondary N) is 1. The Morgan fingerprint density at radius 1 is 1.30 bits per heavy atom. The smallest absolute Gasteiger partial charge is 0.249 e. The number of amides is 1. The van der Waals surface area contributed by atoms with Crippen molar-refractivity contribution in [3.05, 3.63) is 59.0 Å². The van der Waals surface area contributed by atoms with Crippen LogP contribution in [0.5, 0.6) is 11.5 Å². The Hall–Kier alpha value is -3.06. The molecule has 0 saturated heterocycles. The summed E-state index contributed by atoms with van der Waals surface area (Å²) in [5, 5.41) is 0.936. The molecule has 3 aromatic rings. The zero-order valence-corrected chi connectivity index (χ0v) is 19.7. The number of methoxy groups -OCH3 is 1. The molecule has 1 amide bonds. The summed E-state index contributed by atoms with van der Waals surface area (Å²) in [4.78, 5) is 17.7. The number of carbonyl (C=O) groups excluding carboxylic acids is 1. The fourth-order valence-corrected chi connectivity index (χ4v) is 4.90. The number of aromatic amines is 1. The van der Waals surface area contributed by atoms with Crippen molar-refractivity contribution < 1.29 is 18.7 Å². The van der Waals surface area contributed by atoms with Crippen molar-refractivity contribution in [2.45, 2.75) is 51.6 Å². The molecule has 0 radical (unpaired) electrons. The molecule has 1 aliphatic rings. The van der Waals surface area contributed by atoms with Gasteiger partial charge in [-0.25, -0.2) is 4.39 Å². The Balaban J connectivity index is 1.53. The highest BCUT2D eigenvalue weighted by Gasteiger charge is 2.34. The van der Waals surface area contributed by atoms with Crippen LogP contribution < -0.4 is 15.2 Å². The van der Waals surface area contributed by atoms with Crippen molar-refractivity contribution in [1.82, 2.24) is 9.88 Å². The van der Waals surface area contributed by atoms with Gasteiger partial charge in [-0.05, 0) is 82.5 Å². The fourth-order valence-electron chi connectivity index (χ4n) is 4.90. The van der Waals surface area contributed by atoms with Gasteiger partial charge in [-0.2, -0.15) is 0 Å². The van der Waals surface area contributed by atoms with Crippen LogP contribution in [0.3, 0.4) is 0 Å². The summed E-state index contributed by atoms with van der Waals surface area (Å²) in [5.74, 6) is 0.535. The van der Waals surface area contributed by atoms with Crippen molar-refractivity contribution in [2.75, 3.05) is 20.3 Å². The zero-order valence-electron chi connectivity index (χ0n) is 19.7. The molecule has 2 heterocycles. The molecule has 7 heteroatoms. The summed E-state index contributed by atoms with van der Waals surface area (Å²) < 4.78 is 25.3. The molecule has 0 fully saturated rings. The lowest BCUT2D eigenvalue weighted by Gasteiger charge is -2.43. The van der Waals surface area contributed by atoms with Gasteiger partial charge >= 0.3 is 0 Å². The lowest BCUT2D eigenvalue weighted by Crippen LogP contribution is -2.53. The van der Waals surface area contributed by atoms with Gasteiger partial charge in [-0.15, -0.1) is 0 Å². The van der Waals surface area contributed by atoms with Crippen LogP contribution >= 0.6 is 0 Å². The number of rotatable bonds is 7. The fraction of sp³-hybridized carbons (Fsp3) is 0.423. The van der Waals surface area contributed by atoms with E-state index in [0.29, 0.717) is 30.1 Å². The second-order valence-electron chi connectivity index (χ2n) is 9.63. The van der Waals surface area contributed by atoms with Gasteiger partial charge in [0.05, 0.1) is 7.11 Å². The maximum absolute atomic E-state index is 13.7. The third-order valence-corrected chi connectivity index (χ3v) is 6.45. The summed E-state index contributed by atoms with van der Waals surface area (Å²) in [6.07, 6.45) is 4.36. The number of ether oxygens (including phenoxy) is 2. The summed E-state index contributed by atoms with van der Waals surface area (Å²) in [7, 11) is 1.59. The van der Waals surface area contributed by atoms with E-state index < -0.39 is 5.91 Å². The molecule has 176 valence electrons. The summed E-state index contributed by atoms with van der Waals surface area (Å²) in [6, 6.07) is 8.36. The lowest BCUT2D eigenvalue weighted by atomic mass is 9.92. The average molecular weight is 454 g/mol. The SMILES string of the molecule is COc1ccc(C(N)=O)c2c1OCC(N(CCCc1c[nH]c3ccc(F)cc13)C(C)(C)C)C2. The molecule has 0 bridgehead atoms. The predicted octanol–water partition coefficient (Wildman–Crippen LogP) is 4.45. The van der Waals surface area contributed by atoms with Crippen molar-refractivity contribution in [3.8, 4) is 11.5 Å². The molecule has 0 spiro atoms. The third-order valence-electron chi connectivity index (χ3n) is 6.45. The first-order chi connectivity index (χ1) is 15.7. The first-order valence-corrected chi connectivity index (χ1v) is 11.3. The van der Waals surface area contributed by atoms with Gasteiger partial charge in [-0.3, -0.25) is 9.69 Å². The predicted molar refractivity (Wildman–Crippen MR) is 128 cm³/mol. The molecule has 1 atom stereocenters. The summed E-state index contributed by atoms with van der Waals surface area (Å²) in [6.45, 7) is 7.89. The minimum Gasteiger partial charge on any atom is -0.493 e. The van der Waals surface area contributed by atoms with Gasteiger partial charge in [0.2, 0.25) is 5.91 Å². The standard InChI is InChI=1S/C26H32FN3O3/c1-26(2,3)30(11-5-6-16-14-29-22-9-7-17(27)12-20(16)22)18-13-21-19(25(28)31)8-10-23(32-4)24(21)33-15-18/h7-10,12,14,18,29H,5-6,11,13,15H2,1-4H3,(H2,28,31). The van der Waals surface area contributed by atoms with Gasteiger partial charge in [0.25, 0.3) is 0 Å². The van der Waals surface area contributed by atoms with Crippen LogP contribution in [0.15, 0.2) is 36.5 Å². The molecule has 1 aromatic heterocycles. The molecule has 6 nitrogen and oxygen atoms in total. The van der Waals surface area contributed by atoms with Crippen molar-refractivity contribution in [2.24, 2.45) is 5.73 Å². The van der Waals surface area contributed by atoms with Crippen LogP contribution in [0, 0.1) is 5.82 Å². The number of nitrogens with two attached hydrogens (primary N) is 1. The monoisotopic (exact) mass is 453 g/mol. The summed E-state index contributed by atoms with van der Waals surface area (Å²) in [5.41, 5.74) is 8.89. The number of nitrogens with zero attached hydrogens (tertiary/aromatic N) is 1. The van der Waals surface area contributed by atoms with Gasteiger partial charge in [0.1, 0.15) is 12.4 Å². The van der Waals surface area contributed by atoms with Gasteiger partial charge < -0.3 is 20.2 Å². The van der Waals surface area contributed by atoms with Gasteiger partial charge in [0, 0.05) is 39.8 Å². The first kappa shape index (κ1) is 23.1. The van der Waals surface area contributed by atoms with Crippen LogP contribution in [-0.4, -0.2) is 47.6 Å². The normalized spacial score (nSPS) is 16.0. The molecular formula is C26H32FN3O3. The number of primary amides is 1. The minimum atomic E-state index is -0.466. The molecule has 1 aliphatic heterocycles. The van der Waals surface area contributed by atoms with E-state index in [1.807, 2.05) is 6.20 Å². The van der Waals surface area contributed by atoms with Crippen LogP contribution in [0.4, 0.5) is 4.39 Å². The first-order valence-electron chi connectivity index (χ1n) is 11.3. The third kappa shape index (κ3) is 4.69. The highest BCUT2D eigenvalue weighted by molar-refractivity contribution is 5.95. The van der Waals surface area contributed by atoms with E-state index in [4.69, 9.17) is 15.2 Å². The van der Waals surface area contributed by atoms with Crippen LogP contribution in [0.25, 0.3) is 10.9 Å². The Labute approximate surface area is 193 Å². The number of fused-ring (bicyclic) bond motifs is 2. The van der Waals surface area contributed by atoms with E-state index in [1.54, 1.807) is 31.4 Å². The maximum atomic E-state index is 13.7. The highest BCUT2D eigenvalue weighted by Crippen LogP contribution is 2.39. The van der Waals surface area contributed by atoms with E-state index in [-0.39, 0.29) is 17.4 Å². The second-order valence-corrected chi connectivity index (χ2v) is 9.63. The average Bonchev–Trinajstić information content (AvgIpc) is 3.16. The number of halogens is 1. The molecular weight excluding hydrogens is 421 g/mol. The lowest BCUT2D eigenvalue weighted by molar-refractivity contribution is 0.0418. The number of aromatic nitrogens is 1. The topological polar surface area (TPSA) is 80.6 Å². The highest BCUT2D eigenvalue weighted by atomic mass is 19.1. The van der Waals surface area contributed by atoms with Crippen molar-refractivity contribution in [1.29, 1.82) is 0 Å². The Morgan fingerprint density at radius 2 is 2.09 bits per heavy atom. The van der Waals surface area contributed by atoms with Gasteiger partial charge in [0.15, 0.2) is 11.5 Å². The Morgan fingerprint density at radius 3 is 2.79 bits per heavy atom. The Kier molecular flexibility index (Phi) is 6.34. The van der Waals surface area contributed by atoms with Crippen molar-refractivity contribution >= 4 is 16.8 Å². The molecule has 0 saturated carbocycles. The molecule has 0 aliphatic carbocycles. The summed E-state index contributed by atoms with van der Waals surface area (Å²) >= 11 is 0. The van der Waals surface area contributed by atoms with Crippen LogP contribution in [-0.2, 0) is 12.8 Å². The maximum Gasteiger partial charge on any atom is 0.249 e. The quantitative estimate of drug-likeness (QED) is 0.554. The minimum absolute atomic E-state index is 0.0862. The zero-order chi connectivity index (χ0) is 23.8. The molecule has 2 aromatic carbocycles.